The van der Waals surface area contributed by atoms with Crippen LogP contribution in [0.5, 0.6) is 0 Å². The van der Waals surface area contributed by atoms with Gasteiger partial charge in [0.15, 0.2) is 0 Å². The molecule has 0 spiro atoms. The van der Waals surface area contributed by atoms with Crippen LogP contribution in [0.15, 0.2) is 36.7 Å². The molecule has 0 aliphatic heterocycles. The van der Waals surface area contributed by atoms with E-state index in [1.165, 1.54) is 24.2 Å². The van der Waals surface area contributed by atoms with Gasteiger partial charge in [0, 0.05) is 20.1 Å². The summed E-state index contributed by atoms with van der Waals surface area (Å²) in [5, 5.41) is 19.4. The molecule has 8 heteroatoms. The molecule has 0 radical (unpaired) electrons. The molecule has 0 saturated heterocycles. The van der Waals surface area contributed by atoms with E-state index in [4.69, 9.17) is 5.11 Å². The number of hydrogen-bond acceptors (Lipinski definition) is 4. The number of carbonyl (C=O) groups excluding carboxylic acids is 1. The van der Waals surface area contributed by atoms with Gasteiger partial charge in [-0.1, -0.05) is 12.1 Å². The van der Waals surface area contributed by atoms with Crippen LogP contribution in [-0.4, -0.2) is 57.1 Å². The lowest BCUT2D eigenvalue weighted by Gasteiger charge is -2.14. The highest BCUT2D eigenvalue weighted by molar-refractivity contribution is 5.97. The molecule has 2 N–H and O–H groups in total. The Balaban J connectivity index is 2.05. The Morgan fingerprint density at radius 1 is 1.29 bits per heavy atom. The molecule has 1 aromatic heterocycles. The van der Waals surface area contributed by atoms with Gasteiger partial charge in [-0.3, -0.25) is 4.79 Å². The van der Waals surface area contributed by atoms with Crippen LogP contribution in [0.1, 0.15) is 10.4 Å². The number of carbonyl (C=O) groups is 2. The van der Waals surface area contributed by atoms with Crippen molar-refractivity contribution in [3.8, 4) is 5.69 Å². The Morgan fingerprint density at radius 3 is 2.62 bits per heavy atom. The number of rotatable bonds is 5. The number of aromatic nitrogens is 3. The van der Waals surface area contributed by atoms with Crippen LogP contribution in [-0.2, 0) is 0 Å². The SMILES string of the molecule is CN(CCNC(=O)c1ccccc1-n1nccn1)C(=O)O. The first-order chi connectivity index (χ1) is 10.1. The quantitative estimate of drug-likeness (QED) is 0.839. The van der Waals surface area contributed by atoms with Gasteiger partial charge in [-0.2, -0.15) is 15.0 Å². The van der Waals surface area contributed by atoms with Crippen LogP contribution < -0.4 is 5.32 Å². The number of para-hydroxylation sites is 1. The van der Waals surface area contributed by atoms with Crippen molar-refractivity contribution in [1.29, 1.82) is 0 Å². The number of likely N-dealkylation sites (N-methyl/N-ethyl adjacent to an activating group) is 1. The lowest BCUT2D eigenvalue weighted by atomic mass is 10.1. The number of hydrogen-bond donors (Lipinski definition) is 2. The van der Waals surface area contributed by atoms with Crippen molar-refractivity contribution in [3.63, 3.8) is 0 Å². The Morgan fingerprint density at radius 2 is 1.95 bits per heavy atom. The summed E-state index contributed by atoms with van der Waals surface area (Å²) >= 11 is 0. The summed E-state index contributed by atoms with van der Waals surface area (Å²) in [4.78, 5) is 25.3. The topological polar surface area (TPSA) is 100 Å². The van der Waals surface area contributed by atoms with Gasteiger partial charge in [-0.05, 0) is 12.1 Å². The first-order valence-electron chi connectivity index (χ1n) is 6.27. The lowest BCUT2D eigenvalue weighted by molar-refractivity contribution is 0.0946. The first-order valence-corrected chi connectivity index (χ1v) is 6.27. The van der Waals surface area contributed by atoms with Crippen LogP contribution in [0.3, 0.4) is 0 Å². The summed E-state index contributed by atoms with van der Waals surface area (Å²) < 4.78 is 0. The molecule has 110 valence electrons. The van der Waals surface area contributed by atoms with Crippen molar-refractivity contribution in [2.45, 2.75) is 0 Å². The fourth-order valence-corrected chi connectivity index (χ4v) is 1.71. The van der Waals surface area contributed by atoms with Gasteiger partial charge in [0.1, 0.15) is 0 Å². The molecule has 2 aromatic rings. The van der Waals surface area contributed by atoms with Gasteiger partial charge in [0.25, 0.3) is 5.91 Å². The second kappa shape index (κ2) is 6.51. The molecule has 0 atom stereocenters. The number of nitrogens with zero attached hydrogens (tertiary/aromatic N) is 4. The maximum absolute atomic E-state index is 12.2. The van der Waals surface area contributed by atoms with Crippen molar-refractivity contribution in [2.75, 3.05) is 20.1 Å². The zero-order valence-electron chi connectivity index (χ0n) is 11.4. The van der Waals surface area contributed by atoms with Crippen LogP contribution in [0.4, 0.5) is 4.79 Å². The number of benzene rings is 1. The second-order valence-electron chi connectivity index (χ2n) is 4.30. The van der Waals surface area contributed by atoms with Gasteiger partial charge >= 0.3 is 6.09 Å². The zero-order chi connectivity index (χ0) is 15.2. The predicted octanol–water partition coefficient (Wildman–Crippen LogP) is 0.607. The molecule has 0 fully saturated rings. The van der Waals surface area contributed by atoms with E-state index in [2.05, 4.69) is 15.5 Å². The molecular weight excluding hydrogens is 274 g/mol. The van der Waals surface area contributed by atoms with Gasteiger partial charge in [0.2, 0.25) is 0 Å². The molecule has 2 rings (SSSR count). The highest BCUT2D eigenvalue weighted by Gasteiger charge is 2.13. The molecule has 1 aromatic carbocycles. The minimum Gasteiger partial charge on any atom is -0.465 e. The van der Waals surface area contributed by atoms with E-state index in [1.807, 2.05) is 0 Å². The Kier molecular flexibility index (Phi) is 4.50. The zero-order valence-corrected chi connectivity index (χ0v) is 11.4. The number of amides is 2. The van der Waals surface area contributed by atoms with E-state index in [1.54, 1.807) is 24.3 Å². The molecule has 0 aliphatic rings. The average Bonchev–Trinajstić information content (AvgIpc) is 3.01. The third-order valence-electron chi connectivity index (χ3n) is 2.84. The summed E-state index contributed by atoms with van der Waals surface area (Å²) in [6.07, 6.45) is 2.01. The van der Waals surface area contributed by atoms with E-state index in [0.717, 1.165) is 4.90 Å². The summed E-state index contributed by atoms with van der Waals surface area (Å²) in [5.74, 6) is -0.304. The van der Waals surface area contributed by atoms with E-state index < -0.39 is 6.09 Å². The fraction of sp³-hybridized carbons (Fsp3) is 0.231. The van der Waals surface area contributed by atoms with Crippen LogP contribution >= 0.6 is 0 Å². The largest absolute Gasteiger partial charge is 0.465 e. The third-order valence-corrected chi connectivity index (χ3v) is 2.84. The van der Waals surface area contributed by atoms with Crippen molar-refractivity contribution in [2.24, 2.45) is 0 Å². The maximum atomic E-state index is 12.2. The Bertz CT molecular complexity index is 626. The molecule has 0 bridgehead atoms. The molecule has 0 saturated carbocycles. The third kappa shape index (κ3) is 3.56. The summed E-state index contributed by atoms with van der Waals surface area (Å²) in [5.41, 5.74) is 0.985. The number of nitrogens with one attached hydrogen (secondary N) is 1. The highest BCUT2D eigenvalue weighted by Crippen LogP contribution is 2.11. The van der Waals surface area contributed by atoms with Crippen molar-refractivity contribution in [3.05, 3.63) is 42.2 Å². The molecule has 0 unspecified atom stereocenters. The average molecular weight is 289 g/mol. The predicted molar refractivity (Wildman–Crippen MR) is 74.3 cm³/mol. The van der Waals surface area contributed by atoms with Gasteiger partial charge < -0.3 is 15.3 Å². The summed E-state index contributed by atoms with van der Waals surface area (Å²) in [6, 6.07) is 6.92. The maximum Gasteiger partial charge on any atom is 0.407 e. The minimum absolute atomic E-state index is 0.212. The smallest absolute Gasteiger partial charge is 0.407 e. The van der Waals surface area contributed by atoms with Crippen LogP contribution in [0.2, 0.25) is 0 Å². The second-order valence-corrected chi connectivity index (χ2v) is 4.30. The van der Waals surface area contributed by atoms with Gasteiger partial charge in [0.05, 0.1) is 23.6 Å². The summed E-state index contributed by atoms with van der Waals surface area (Å²) in [7, 11) is 1.44. The van der Waals surface area contributed by atoms with Gasteiger partial charge in [-0.25, -0.2) is 4.79 Å². The van der Waals surface area contributed by atoms with Crippen LogP contribution in [0, 0.1) is 0 Å². The van der Waals surface area contributed by atoms with Crippen molar-refractivity contribution < 1.29 is 14.7 Å². The van der Waals surface area contributed by atoms with Crippen molar-refractivity contribution >= 4 is 12.0 Å². The van der Waals surface area contributed by atoms with E-state index >= 15 is 0 Å². The first kappa shape index (κ1) is 14.5. The molecule has 21 heavy (non-hydrogen) atoms. The molecule has 1 heterocycles. The molecule has 2 amide bonds. The van der Waals surface area contributed by atoms with E-state index in [0.29, 0.717) is 11.3 Å². The van der Waals surface area contributed by atoms with Crippen LogP contribution in [0.25, 0.3) is 5.69 Å². The highest BCUT2D eigenvalue weighted by atomic mass is 16.4. The number of carboxylic acid groups (broad SMARTS) is 1. The Labute approximate surface area is 121 Å². The van der Waals surface area contributed by atoms with Gasteiger partial charge in [-0.15, -0.1) is 0 Å². The summed E-state index contributed by atoms with van der Waals surface area (Å²) in [6.45, 7) is 0.436. The molecule has 8 nitrogen and oxygen atoms in total. The van der Waals surface area contributed by atoms with E-state index in [9.17, 15) is 9.59 Å². The molecule has 0 aliphatic carbocycles. The monoisotopic (exact) mass is 289 g/mol. The fourth-order valence-electron chi connectivity index (χ4n) is 1.71. The standard InChI is InChI=1S/C13H15N5O3/c1-17(13(20)21)9-8-14-12(19)10-4-2-3-5-11(10)18-15-6-7-16-18/h2-7H,8-9H2,1H3,(H,14,19)(H,20,21). The molecular formula is C13H15N5O3. The lowest BCUT2D eigenvalue weighted by Crippen LogP contribution is -2.35. The minimum atomic E-state index is -1.04. The van der Waals surface area contributed by atoms with E-state index in [-0.39, 0.29) is 19.0 Å². The van der Waals surface area contributed by atoms with Crippen molar-refractivity contribution in [1.82, 2.24) is 25.2 Å². The Hall–Kier alpha value is -2.90. The normalized spacial score (nSPS) is 10.1.